The van der Waals surface area contributed by atoms with Crippen molar-refractivity contribution < 1.29 is 13.2 Å². The number of anilines is 1. The Balaban J connectivity index is 2.04. The Hall–Kier alpha value is -1.30. The minimum atomic E-state index is -4.11. The zero-order valence-electron chi connectivity index (χ0n) is 12.5. The highest BCUT2D eigenvalue weighted by molar-refractivity contribution is 5.45. The van der Waals surface area contributed by atoms with Crippen LogP contribution in [-0.2, 0) is 0 Å². The maximum atomic E-state index is 12.8. The third-order valence-electron chi connectivity index (χ3n) is 3.97. The summed E-state index contributed by atoms with van der Waals surface area (Å²) in [6.07, 6.45) is -1.63. The van der Waals surface area contributed by atoms with Crippen LogP contribution in [0.2, 0.25) is 0 Å². The molecule has 2 rings (SSSR count). The third-order valence-corrected chi connectivity index (χ3v) is 3.97. The van der Waals surface area contributed by atoms with Crippen LogP contribution in [0.4, 0.5) is 18.9 Å². The molecule has 0 radical (unpaired) electrons. The molecule has 1 aromatic heterocycles. The molecule has 0 bridgehead atoms. The highest BCUT2D eigenvalue weighted by atomic mass is 19.4. The van der Waals surface area contributed by atoms with Gasteiger partial charge in [-0.05, 0) is 38.4 Å². The molecular formula is C15H22F3N3. The smallest absolute Gasteiger partial charge is 0.370 e. The van der Waals surface area contributed by atoms with Crippen LogP contribution in [0.3, 0.4) is 0 Å². The van der Waals surface area contributed by atoms with Gasteiger partial charge in [0.25, 0.3) is 0 Å². The van der Waals surface area contributed by atoms with E-state index in [9.17, 15) is 13.2 Å². The second-order valence-corrected chi connectivity index (χ2v) is 5.55. The summed E-state index contributed by atoms with van der Waals surface area (Å²) in [5.74, 6) is -1.23. The molecule has 6 heteroatoms. The molecule has 0 amide bonds. The van der Waals surface area contributed by atoms with E-state index in [4.69, 9.17) is 0 Å². The lowest BCUT2D eigenvalue weighted by molar-refractivity contribution is -0.175. The van der Waals surface area contributed by atoms with Crippen LogP contribution in [0.25, 0.3) is 0 Å². The SMILES string of the molecule is CCNC(C)c1ccc(N2CCCC(C(F)(F)F)C2)cn1. The Kier molecular flexibility index (Phi) is 5.08. The molecular weight excluding hydrogens is 279 g/mol. The molecule has 1 aromatic rings. The molecule has 2 unspecified atom stereocenters. The predicted molar refractivity (Wildman–Crippen MR) is 77.3 cm³/mol. The summed E-state index contributed by atoms with van der Waals surface area (Å²) >= 11 is 0. The molecule has 0 aromatic carbocycles. The van der Waals surface area contributed by atoms with E-state index < -0.39 is 12.1 Å². The van der Waals surface area contributed by atoms with E-state index >= 15 is 0 Å². The summed E-state index contributed by atoms with van der Waals surface area (Å²) in [5, 5.41) is 3.26. The van der Waals surface area contributed by atoms with Gasteiger partial charge in [-0.25, -0.2) is 0 Å². The Morgan fingerprint density at radius 2 is 2.19 bits per heavy atom. The quantitative estimate of drug-likeness (QED) is 0.922. The summed E-state index contributed by atoms with van der Waals surface area (Å²) in [6.45, 7) is 5.59. The van der Waals surface area contributed by atoms with E-state index in [1.54, 1.807) is 11.1 Å². The number of nitrogens with one attached hydrogen (secondary N) is 1. The first-order valence-electron chi connectivity index (χ1n) is 7.42. The third kappa shape index (κ3) is 4.09. The van der Waals surface area contributed by atoms with E-state index in [1.807, 2.05) is 26.0 Å². The number of hydrogen-bond donors (Lipinski definition) is 1. The molecule has 0 spiro atoms. The largest absolute Gasteiger partial charge is 0.393 e. The Labute approximate surface area is 123 Å². The van der Waals surface area contributed by atoms with Crippen LogP contribution < -0.4 is 10.2 Å². The number of rotatable bonds is 4. The zero-order chi connectivity index (χ0) is 15.5. The van der Waals surface area contributed by atoms with Crippen LogP contribution in [0.5, 0.6) is 0 Å². The monoisotopic (exact) mass is 301 g/mol. The number of halogens is 3. The summed E-state index contributed by atoms with van der Waals surface area (Å²) in [6, 6.07) is 3.91. The fourth-order valence-electron chi connectivity index (χ4n) is 2.73. The number of pyridine rings is 1. The second-order valence-electron chi connectivity index (χ2n) is 5.55. The van der Waals surface area contributed by atoms with Gasteiger partial charge in [0.15, 0.2) is 0 Å². The first-order valence-corrected chi connectivity index (χ1v) is 7.42. The van der Waals surface area contributed by atoms with E-state index in [2.05, 4.69) is 10.3 Å². The zero-order valence-corrected chi connectivity index (χ0v) is 12.5. The molecule has 2 atom stereocenters. The molecule has 0 saturated carbocycles. The van der Waals surface area contributed by atoms with Gasteiger partial charge >= 0.3 is 6.18 Å². The topological polar surface area (TPSA) is 28.2 Å². The average Bonchev–Trinajstić information content (AvgIpc) is 2.47. The van der Waals surface area contributed by atoms with E-state index in [0.29, 0.717) is 13.0 Å². The average molecular weight is 301 g/mol. The highest BCUT2D eigenvalue weighted by Gasteiger charge is 2.41. The molecule has 3 nitrogen and oxygen atoms in total. The van der Waals surface area contributed by atoms with Crippen molar-refractivity contribution in [2.24, 2.45) is 5.92 Å². The Morgan fingerprint density at radius 3 is 2.76 bits per heavy atom. The van der Waals surface area contributed by atoms with Gasteiger partial charge in [-0.2, -0.15) is 13.2 Å². The van der Waals surface area contributed by atoms with Crippen LogP contribution in [0, 0.1) is 5.92 Å². The maximum Gasteiger partial charge on any atom is 0.393 e. The molecule has 1 aliphatic rings. The fourth-order valence-corrected chi connectivity index (χ4v) is 2.73. The summed E-state index contributed by atoms with van der Waals surface area (Å²) in [7, 11) is 0. The van der Waals surface area contributed by atoms with Crippen molar-refractivity contribution in [2.45, 2.75) is 38.9 Å². The molecule has 1 N–H and O–H groups in total. The lowest BCUT2D eigenvalue weighted by Gasteiger charge is -2.35. The van der Waals surface area contributed by atoms with E-state index in [-0.39, 0.29) is 19.0 Å². The molecule has 1 saturated heterocycles. The van der Waals surface area contributed by atoms with Crippen molar-refractivity contribution in [1.82, 2.24) is 10.3 Å². The van der Waals surface area contributed by atoms with Gasteiger partial charge in [0.1, 0.15) is 0 Å². The Morgan fingerprint density at radius 1 is 1.43 bits per heavy atom. The number of aromatic nitrogens is 1. The van der Waals surface area contributed by atoms with Gasteiger partial charge < -0.3 is 10.2 Å². The van der Waals surface area contributed by atoms with Crippen LogP contribution in [0.1, 0.15) is 38.4 Å². The number of piperidine rings is 1. The van der Waals surface area contributed by atoms with Crippen molar-refractivity contribution in [3.8, 4) is 0 Å². The van der Waals surface area contributed by atoms with Crippen LogP contribution >= 0.6 is 0 Å². The molecule has 0 aliphatic carbocycles. The molecule has 21 heavy (non-hydrogen) atoms. The molecule has 1 fully saturated rings. The van der Waals surface area contributed by atoms with Crippen molar-refractivity contribution in [2.75, 3.05) is 24.5 Å². The van der Waals surface area contributed by atoms with Gasteiger partial charge in [0.2, 0.25) is 0 Å². The summed E-state index contributed by atoms with van der Waals surface area (Å²) in [4.78, 5) is 6.16. The number of alkyl halides is 3. The molecule has 2 heterocycles. The van der Waals surface area contributed by atoms with Crippen molar-refractivity contribution in [1.29, 1.82) is 0 Å². The number of nitrogens with zero attached hydrogens (tertiary/aromatic N) is 2. The van der Waals surface area contributed by atoms with E-state index in [1.165, 1.54) is 0 Å². The molecule has 1 aliphatic heterocycles. The lowest BCUT2D eigenvalue weighted by Crippen LogP contribution is -2.41. The first kappa shape index (κ1) is 16.1. The summed E-state index contributed by atoms with van der Waals surface area (Å²) in [5.41, 5.74) is 1.68. The van der Waals surface area contributed by atoms with Gasteiger partial charge in [0, 0.05) is 19.1 Å². The minimum absolute atomic E-state index is 0.0350. The van der Waals surface area contributed by atoms with Gasteiger partial charge in [-0.1, -0.05) is 6.92 Å². The van der Waals surface area contributed by atoms with Crippen LogP contribution in [-0.4, -0.2) is 30.8 Å². The summed E-state index contributed by atoms with van der Waals surface area (Å²) < 4.78 is 38.5. The van der Waals surface area contributed by atoms with Gasteiger partial charge in [-0.3, -0.25) is 4.98 Å². The minimum Gasteiger partial charge on any atom is -0.370 e. The van der Waals surface area contributed by atoms with Gasteiger partial charge in [-0.15, -0.1) is 0 Å². The number of hydrogen-bond acceptors (Lipinski definition) is 3. The van der Waals surface area contributed by atoms with Crippen molar-refractivity contribution >= 4 is 5.69 Å². The normalized spacial score (nSPS) is 21.4. The maximum absolute atomic E-state index is 12.8. The van der Waals surface area contributed by atoms with Crippen LogP contribution in [0.15, 0.2) is 18.3 Å². The Bertz CT molecular complexity index is 444. The van der Waals surface area contributed by atoms with Crippen molar-refractivity contribution in [3.05, 3.63) is 24.0 Å². The van der Waals surface area contributed by atoms with Gasteiger partial charge in [0.05, 0.1) is 23.5 Å². The fraction of sp³-hybridized carbons (Fsp3) is 0.667. The van der Waals surface area contributed by atoms with Crippen molar-refractivity contribution in [3.63, 3.8) is 0 Å². The predicted octanol–water partition coefficient (Wildman–Crippen LogP) is 3.53. The van der Waals surface area contributed by atoms with E-state index in [0.717, 1.165) is 17.9 Å². The highest BCUT2D eigenvalue weighted by Crippen LogP contribution is 2.34. The standard InChI is InChI=1S/C15H22F3N3/c1-3-19-11(2)14-7-6-13(9-20-14)21-8-4-5-12(10-21)15(16,17)18/h6-7,9,11-12,19H,3-5,8,10H2,1-2H3. The lowest BCUT2D eigenvalue weighted by atomic mass is 9.97. The second kappa shape index (κ2) is 6.64. The first-order chi connectivity index (χ1) is 9.91. The molecule has 118 valence electrons.